The molecule has 0 bridgehead atoms. The molecule has 0 aliphatic rings. The summed E-state index contributed by atoms with van der Waals surface area (Å²) in [7, 11) is 0. The van der Waals surface area contributed by atoms with E-state index in [0.29, 0.717) is 12.1 Å². The molecule has 0 fully saturated rings. The number of hydrogen-bond donors (Lipinski definition) is 2. The van der Waals surface area contributed by atoms with E-state index >= 15 is 0 Å². The summed E-state index contributed by atoms with van der Waals surface area (Å²) in [6, 6.07) is 4.48. The van der Waals surface area contributed by atoms with E-state index in [4.69, 9.17) is 10.5 Å². The third kappa shape index (κ3) is 4.93. The molecule has 1 rings (SSSR count). The first-order chi connectivity index (χ1) is 9.99. The van der Waals surface area contributed by atoms with Crippen molar-refractivity contribution >= 4 is 11.9 Å². The van der Waals surface area contributed by atoms with Crippen LogP contribution in [-0.2, 0) is 9.53 Å². The second-order valence-corrected chi connectivity index (χ2v) is 4.48. The van der Waals surface area contributed by atoms with E-state index in [1.54, 1.807) is 32.0 Å². The predicted octanol–water partition coefficient (Wildman–Crippen LogP) is 0.987. The maximum atomic E-state index is 12.1. The summed E-state index contributed by atoms with van der Waals surface area (Å²) in [5, 5.41) is 2.60. The number of carbonyl (C=O) groups is 2. The predicted molar refractivity (Wildman–Crippen MR) is 80.7 cm³/mol. The van der Waals surface area contributed by atoms with E-state index in [1.807, 2.05) is 6.92 Å². The lowest BCUT2D eigenvalue weighted by Crippen LogP contribution is -2.39. The number of aryl methyl sites for hydroxylation is 1. The second kappa shape index (κ2) is 8.08. The standard InChI is InChI=1S/C16H20N2O3/c1-4-21-16(20)12(3)18-15(19)14-8-7-13(6-5-9-17)11(2)10-14/h7-8,10,12H,4,9,17H2,1-3H3,(H,18,19). The number of rotatable bonds is 4. The first-order valence-electron chi connectivity index (χ1n) is 6.76. The van der Waals surface area contributed by atoms with Crippen LogP contribution in [0.4, 0.5) is 0 Å². The van der Waals surface area contributed by atoms with Gasteiger partial charge in [0.1, 0.15) is 6.04 Å². The van der Waals surface area contributed by atoms with Crippen LogP contribution in [0.1, 0.15) is 35.3 Å². The van der Waals surface area contributed by atoms with Crippen LogP contribution in [0.15, 0.2) is 18.2 Å². The molecule has 5 heteroatoms. The fraction of sp³-hybridized carbons (Fsp3) is 0.375. The summed E-state index contributed by atoms with van der Waals surface area (Å²) in [4.78, 5) is 23.5. The van der Waals surface area contributed by atoms with Crippen LogP contribution in [0.3, 0.4) is 0 Å². The summed E-state index contributed by atoms with van der Waals surface area (Å²) in [5.74, 6) is 4.93. The molecule has 1 amide bonds. The summed E-state index contributed by atoms with van der Waals surface area (Å²) >= 11 is 0. The van der Waals surface area contributed by atoms with Gasteiger partial charge in [-0.15, -0.1) is 0 Å². The highest BCUT2D eigenvalue weighted by Crippen LogP contribution is 2.10. The number of esters is 1. The molecule has 0 saturated carbocycles. The quantitative estimate of drug-likeness (QED) is 0.639. The van der Waals surface area contributed by atoms with E-state index in [9.17, 15) is 9.59 Å². The van der Waals surface area contributed by atoms with Crippen molar-refractivity contribution in [2.75, 3.05) is 13.2 Å². The molecule has 0 aliphatic carbocycles. The molecule has 0 radical (unpaired) electrons. The van der Waals surface area contributed by atoms with Crippen molar-refractivity contribution in [1.29, 1.82) is 0 Å². The molecular formula is C16H20N2O3. The van der Waals surface area contributed by atoms with Crippen molar-refractivity contribution in [2.45, 2.75) is 26.8 Å². The average Bonchev–Trinajstić information content (AvgIpc) is 2.46. The molecule has 0 aliphatic heterocycles. The van der Waals surface area contributed by atoms with E-state index in [2.05, 4.69) is 17.2 Å². The molecule has 1 atom stereocenters. The monoisotopic (exact) mass is 288 g/mol. The van der Waals surface area contributed by atoms with Gasteiger partial charge < -0.3 is 15.8 Å². The van der Waals surface area contributed by atoms with Crippen LogP contribution in [-0.4, -0.2) is 31.1 Å². The van der Waals surface area contributed by atoms with Gasteiger partial charge in [-0.3, -0.25) is 4.79 Å². The molecule has 112 valence electrons. The highest BCUT2D eigenvalue weighted by atomic mass is 16.5. The van der Waals surface area contributed by atoms with E-state index < -0.39 is 12.0 Å². The zero-order chi connectivity index (χ0) is 15.8. The highest BCUT2D eigenvalue weighted by Gasteiger charge is 2.17. The van der Waals surface area contributed by atoms with Crippen LogP contribution in [0.5, 0.6) is 0 Å². The van der Waals surface area contributed by atoms with Gasteiger partial charge in [-0.25, -0.2) is 4.79 Å². The topological polar surface area (TPSA) is 81.4 Å². The number of nitrogens with two attached hydrogens (primary N) is 1. The summed E-state index contributed by atoms with van der Waals surface area (Å²) in [6.45, 7) is 5.75. The second-order valence-electron chi connectivity index (χ2n) is 4.48. The first-order valence-corrected chi connectivity index (χ1v) is 6.76. The Balaban J connectivity index is 2.80. The molecule has 0 saturated heterocycles. The van der Waals surface area contributed by atoms with Crippen molar-refractivity contribution in [3.8, 4) is 11.8 Å². The Bertz CT molecular complexity index is 585. The number of hydrogen-bond acceptors (Lipinski definition) is 4. The Morgan fingerprint density at radius 1 is 1.43 bits per heavy atom. The lowest BCUT2D eigenvalue weighted by molar-refractivity contribution is -0.144. The fourth-order valence-electron chi connectivity index (χ4n) is 1.70. The Labute approximate surface area is 124 Å². The van der Waals surface area contributed by atoms with Crippen LogP contribution < -0.4 is 11.1 Å². The summed E-state index contributed by atoms with van der Waals surface area (Å²) < 4.78 is 4.84. The van der Waals surface area contributed by atoms with Gasteiger partial charge in [0.2, 0.25) is 0 Å². The molecule has 0 aromatic heterocycles. The molecular weight excluding hydrogens is 268 g/mol. The minimum atomic E-state index is -0.686. The molecule has 5 nitrogen and oxygen atoms in total. The van der Waals surface area contributed by atoms with Gasteiger partial charge in [-0.1, -0.05) is 11.8 Å². The molecule has 1 aromatic carbocycles. The Morgan fingerprint density at radius 3 is 2.71 bits per heavy atom. The number of benzene rings is 1. The van der Waals surface area contributed by atoms with Crippen molar-refractivity contribution in [3.05, 3.63) is 34.9 Å². The number of ether oxygens (including phenoxy) is 1. The number of carbonyl (C=O) groups excluding carboxylic acids is 2. The van der Waals surface area contributed by atoms with Gasteiger partial charge in [-0.05, 0) is 44.5 Å². The van der Waals surface area contributed by atoms with E-state index in [-0.39, 0.29) is 12.5 Å². The zero-order valence-corrected chi connectivity index (χ0v) is 12.5. The van der Waals surface area contributed by atoms with Crippen LogP contribution in [0.25, 0.3) is 0 Å². The van der Waals surface area contributed by atoms with Crippen molar-refractivity contribution < 1.29 is 14.3 Å². The van der Waals surface area contributed by atoms with Crippen molar-refractivity contribution in [3.63, 3.8) is 0 Å². The third-order valence-corrected chi connectivity index (χ3v) is 2.80. The Hall–Kier alpha value is -2.32. The largest absolute Gasteiger partial charge is 0.464 e. The van der Waals surface area contributed by atoms with Gasteiger partial charge >= 0.3 is 5.97 Å². The van der Waals surface area contributed by atoms with Crippen LogP contribution in [0.2, 0.25) is 0 Å². The van der Waals surface area contributed by atoms with Crippen molar-refractivity contribution in [2.24, 2.45) is 5.73 Å². The van der Waals surface area contributed by atoms with Gasteiger partial charge in [-0.2, -0.15) is 0 Å². The van der Waals surface area contributed by atoms with Crippen molar-refractivity contribution in [1.82, 2.24) is 5.32 Å². The van der Waals surface area contributed by atoms with Crippen LogP contribution in [0, 0.1) is 18.8 Å². The van der Waals surface area contributed by atoms with E-state index in [1.165, 1.54) is 0 Å². The Kier molecular flexibility index (Phi) is 6.44. The van der Waals surface area contributed by atoms with Crippen LogP contribution >= 0.6 is 0 Å². The van der Waals surface area contributed by atoms with Gasteiger partial charge in [0.15, 0.2) is 0 Å². The Morgan fingerprint density at radius 2 is 2.14 bits per heavy atom. The number of amides is 1. The molecule has 21 heavy (non-hydrogen) atoms. The van der Waals surface area contributed by atoms with Gasteiger partial charge in [0.25, 0.3) is 5.91 Å². The maximum Gasteiger partial charge on any atom is 0.328 e. The maximum absolute atomic E-state index is 12.1. The first kappa shape index (κ1) is 16.7. The molecule has 1 aromatic rings. The highest BCUT2D eigenvalue weighted by molar-refractivity contribution is 5.97. The fourth-order valence-corrected chi connectivity index (χ4v) is 1.70. The smallest absolute Gasteiger partial charge is 0.328 e. The molecule has 1 unspecified atom stereocenters. The SMILES string of the molecule is CCOC(=O)C(C)NC(=O)c1ccc(C#CCN)c(C)c1. The summed E-state index contributed by atoms with van der Waals surface area (Å²) in [5.41, 5.74) is 7.52. The lowest BCUT2D eigenvalue weighted by atomic mass is 10.0. The minimum absolute atomic E-state index is 0.284. The van der Waals surface area contributed by atoms with Gasteiger partial charge in [0, 0.05) is 11.1 Å². The number of nitrogens with one attached hydrogen (secondary N) is 1. The molecule has 0 heterocycles. The molecule has 0 spiro atoms. The third-order valence-electron chi connectivity index (χ3n) is 2.80. The van der Waals surface area contributed by atoms with Gasteiger partial charge in [0.05, 0.1) is 13.2 Å². The summed E-state index contributed by atoms with van der Waals surface area (Å²) in [6.07, 6.45) is 0. The zero-order valence-electron chi connectivity index (χ0n) is 12.5. The average molecular weight is 288 g/mol. The molecule has 3 N–H and O–H groups in total. The normalized spacial score (nSPS) is 11.0. The van der Waals surface area contributed by atoms with E-state index in [0.717, 1.165) is 11.1 Å². The minimum Gasteiger partial charge on any atom is -0.464 e. The lowest BCUT2D eigenvalue weighted by Gasteiger charge is -2.13.